The summed E-state index contributed by atoms with van der Waals surface area (Å²) in [6, 6.07) is -1.83. The van der Waals surface area contributed by atoms with Gasteiger partial charge >= 0.3 is 12.1 Å². The van der Waals surface area contributed by atoms with E-state index in [1.807, 2.05) is 0 Å². The summed E-state index contributed by atoms with van der Waals surface area (Å²) in [6.45, 7) is 13.9. The van der Waals surface area contributed by atoms with E-state index in [9.17, 15) is 19.2 Å². The van der Waals surface area contributed by atoms with Crippen LogP contribution < -0.4 is 10.6 Å². The normalized spacial score (nSPS) is 13.8. The third-order valence-electron chi connectivity index (χ3n) is 4.02. The lowest BCUT2D eigenvalue weighted by Crippen LogP contribution is -2.48. The van der Waals surface area contributed by atoms with Gasteiger partial charge in [0.25, 0.3) is 0 Å². The lowest BCUT2D eigenvalue weighted by molar-refractivity contribution is -0.145. The number of carbonyl (C=O) groups is 4. The second-order valence-corrected chi connectivity index (χ2v) is 8.05. The number of amides is 2. The van der Waals surface area contributed by atoms with Crippen molar-refractivity contribution in [1.29, 1.82) is 0 Å². The Labute approximate surface area is 184 Å². The minimum atomic E-state index is -0.998. The molecule has 31 heavy (non-hydrogen) atoms. The molecule has 0 bridgehead atoms. The number of hydrogen-bond donors (Lipinski definition) is 2. The highest BCUT2D eigenvalue weighted by atomic mass is 16.6. The minimum Gasteiger partial charge on any atom is -0.467 e. The van der Waals surface area contributed by atoms with Gasteiger partial charge in [0.05, 0.1) is 20.3 Å². The number of carbonyl (C=O) groups excluding carboxylic acids is 4. The number of nitrogens with one attached hydrogen (secondary N) is 2. The lowest BCUT2D eigenvalue weighted by Gasteiger charge is -2.24. The van der Waals surface area contributed by atoms with Crippen molar-refractivity contribution < 1.29 is 33.4 Å². The zero-order valence-electron chi connectivity index (χ0n) is 19.2. The Morgan fingerprint density at radius 2 is 1.68 bits per heavy atom. The van der Waals surface area contributed by atoms with E-state index in [1.165, 1.54) is 13.2 Å². The summed E-state index contributed by atoms with van der Waals surface area (Å²) in [4.78, 5) is 49.2. The van der Waals surface area contributed by atoms with Crippen LogP contribution in [-0.2, 0) is 28.6 Å². The van der Waals surface area contributed by atoms with Gasteiger partial charge in [-0.1, -0.05) is 19.1 Å². The highest BCUT2D eigenvalue weighted by Crippen LogP contribution is 2.11. The highest BCUT2D eigenvalue weighted by molar-refractivity contribution is 5.92. The second kappa shape index (κ2) is 14.3. The van der Waals surface area contributed by atoms with Gasteiger partial charge in [-0.3, -0.25) is 9.59 Å². The largest absolute Gasteiger partial charge is 0.467 e. The van der Waals surface area contributed by atoms with E-state index in [1.54, 1.807) is 33.8 Å². The molecule has 0 saturated carbocycles. The molecule has 0 aromatic rings. The van der Waals surface area contributed by atoms with Gasteiger partial charge in [0.15, 0.2) is 5.78 Å². The van der Waals surface area contributed by atoms with Gasteiger partial charge in [-0.25, -0.2) is 9.59 Å². The standard InChI is InChI=1S/C22H36N2O7/c1-8-10-11-16(20(27)29-7)23-19(26)15(3)13-18(25)17(14-30-12-9-2)24-21(28)31-22(4,5)6/h8-9,15-17H,1-2,10-14H2,3-7H3,(H,23,26)(H,24,28)/t15-,16+,17+/m1/s1. The van der Waals surface area contributed by atoms with Crippen molar-refractivity contribution in [2.24, 2.45) is 5.92 Å². The molecule has 2 amide bonds. The molecule has 0 unspecified atom stereocenters. The predicted octanol–water partition coefficient (Wildman–Crippen LogP) is 2.30. The van der Waals surface area contributed by atoms with Crippen LogP contribution in [0.5, 0.6) is 0 Å². The average molecular weight is 441 g/mol. The fourth-order valence-corrected chi connectivity index (χ4v) is 2.46. The van der Waals surface area contributed by atoms with Gasteiger partial charge in [0.2, 0.25) is 5.91 Å². The predicted molar refractivity (Wildman–Crippen MR) is 116 cm³/mol. The molecule has 176 valence electrons. The number of ether oxygens (including phenoxy) is 3. The molecule has 0 aliphatic carbocycles. The maximum absolute atomic E-state index is 12.7. The zero-order valence-corrected chi connectivity index (χ0v) is 19.2. The number of ketones is 1. The number of methoxy groups -OCH3 is 1. The SMILES string of the molecule is C=CCC[C@H](NC(=O)[C@H](C)CC(=O)[C@H](COCC=C)NC(=O)OC(C)(C)C)C(=O)OC. The summed E-state index contributed by atoms with van der Waals surface area (Å²) in [5.41, 5.74) is -0.735. The molecule has 9 heteroatoms. The second-order valence-electron chi connectivity index (χ2n) is 8.05. The molecule has 0 saturated heterocycles. The van der Waals surface area contributed by atoms with Gasteiger partial charge in [-0.15, -0.1) is 13.2 Å². The van der Waals surface area contributed by atoms with Crippen LogP contribution in [0.25, 0.3) is 0 Å². The third-order valence-corrected chi connectivity index (χ3v) is 4.02. The Bertz CT molecular complexity index is 640. The number of rotatable bonds is 14. The van der Waals surface area contributed by atoms with Crippen molar-refractivity contribution in [2.75, 3.05) is 20.3 Å². The topological polar surface area (TPSA) is 120 Å². The maximum atomic E-state index is 12.7. The molecule has 0 heterocycles. The molecule has 0 fully saturated rings. The van der Waals surface area contributed by atoms with Crippen molar-refractivity contribution in [3.8, 4) is 0 Å². The summed E-state index contributed by atoms with van der Waals surface area (Å²) in [5, 5.41) is 5.09. The summed E-state index contributed by atoms with van der Waals surface area (Å²) >= 11 is 0. The van der Waals surface area contributed by atoms with Crippen LogP contribution >= 0.6 is 0 Å². The first-order valence-corrected chi connectivity index (χ1v) is 10.1. The van der Waals surface area contributed by atoms with Crippen LogP contribution in [0.15, 0.2) is 25.3 Å². The Morgan fingerprint density at radius 3 is 2.19 bits per heavy atom. The molecule has 0 aromatic heterocycles. The molecular weight excluding hydrogens is 404 g/mol. The summed E-state index contributed by atoms with van der Waals surface area (Å²) in [6.07, 6.45) is 3.06. The average Bonchev–Trinajstić information content (AvgIpc) is 2.68. The first-order valence-electron chi connectivity index (χ1n) is 10.1. The van der Waals surface area contributed by atoms with E-state index >= 15 is 0 Å². The van der Waals surface area contributed by atoms with Crippen LogP contribution in [0.4, 0.5) is 4.79 Å². The Morgan fingerprint density at radius 1 is 1.03 bits per heavy atom. The first kappa shape index (κ1) is 28.3. The Kier molecular flexibility index (Phi) is 13.1. The van der Waals surface area contributed by atoms with E-state index in [4.69, 9.17) is 14.2 Å². The molecule has 3 atom stereocenters. The number of alkyl carbamates (subject to hydrolysis) is 1. The molecule has 2 N–H and O–H groups in total. The van der Waals surface area contributed by atoms with Crippen LogP contribution in [0.2, 0.25) is 0 Å². The molecule has 0 aromatic carbocycles. The summed E-state index contributed by atoms with van der Waals surface area (Å²) in [5.74, 6) is -2.20. The van der Waals surface area contributed by atoms with Gasteiger partial charge in [-0.2, -0.15) is 0 Å². The summed E-state index contributed by atoms with van der Waals surface area (Å²) < 4.78 is 15.2. The number of Topliss-reactive ketones (excluding diaryl/α,β-unsaturated/α-hetero) is 1. The Balaban J connectivity index is 5.07. The minimum absolute atomic E-state index is 0.0947. The highest BCUT2D eigenvalue weighted by Gasteiger charge is 2.29. The van der Waals surface area contributed by atoms with Crippen LogP contribution in [-0.4, -0.2) is 61.8 Å². The van der Waals surface area contributed by atoms with E-state index in [0.717, 1.165) is 0 Å². The van der Waals surface area contributed by atoms with Crippen LogP contribution in [0.1, 0.15) is 47.0 Å². The van der Waals surface area contributed by atoms with Crippen LogP contribution in [0, 0.1) is 5.92 Å². The van der Waals surface area contributed by atoms with Crippen molar-refractivity contribution >= 4 is 23.8 Å². The van der Waals surface area contributed by atoms with E-state index < -0.39 is 47.4 Å². The molecule has 0 aliphatic rings. The quantitative estimate of drug-likeness (QED) is 0.242. The smallest absolute Gasteiger partial charge is 0.408 e. The molecular formula is C22H36N2O7. The van der Waals surface area contributed by atoms with E-state index in [0.29, 0.717) is 12.8 Å². The summed E-state index contributed by atoms with van der Waals surface area (Å²) in [7, 11) is 1.23. The fourth-order valence-electron chi connectivity index (χ4n) is 2.46. The lowest BCUT2D eigenvalue weighted by atomic mass is 9.99. The first-order chi connectivity index (χ1) is 14.4. The van der Waals surface area contributed by atoms with Crippen molar-refractivity contribution in [3.63, 3.8) is 0 Å². The van der Waals surface area contributed by atoms with Gasteiger partial charge in [0.1, 0.15) is 17.7 Å². The molecule has 0 rings (SSSR count). The van der Waals surface area contributed by atoms with Crippen molar-refractivity contribution in [3.05, 3.63) is 25.3 Å². The number of hydrogen-bond acceptors (Lipinski definition) is 7. The zero-order chi connectivity index (χ0) is 24.0. The van der Waals surface area contributed by atoms with Crippen LogP contribution in [0.3, 0.4) is 0 Å². The molecule has 0 spiro atoms. The number of allylic oxidation sites excluding steroid dienone is 1. The van der Waals surface area contributed by atoms with Crippen molar-refractivity contribution in [2.45, 2.75) is 64.6 Å². The third kappa shape index (κ3) is 12.6. The monoisotopic (exact) mass is 440 g/mol. The molecule has 9 nitrogen and oxygen atoms in total. The number of esters is 1. The van der Waals surface area contributed by atoms with E-state index in [2.05, 4.69) is 23.8 Å². The van der Waals surface area contributed by atoms with Gasteiger partial charge in [0, 0.05) is 12.3 Å². The fraction of sp³-hybridized carbons (Fsp3) is 0.636. The Hall–Kier alpha value is -2.68. The van der Waals surface area contributed by atoms with Gasteiger partial charge in [-0.05, 0) is 33.6 Å². The molecule has 0 aliphatic heterocycles. The maximum Gasteiger partial charge on any atom is 0.408 e. The van der Waals surface area contributed by atoms with Gasteiger partial charge < -0.3 is 24.8 Å². The molecule has 0 radical (unpaired) electrons. The van der Waals surface area contributed by atoms with E-state index in [-0.39, 0.29) is 19.6 Å². The van der Waals surface area contributed by atoms with Crippen molar-refractivity contribution in [1.82, 2.24) is 10.6 Å².